The summed E-state index contributed by atoms with van der Waals surface area (Å²) >= 11 is 3.50. The summed E-state index contributed by atoms with van der Waals surface area (Å²) in [5, 5.41) is 8.77. The smallest absolute Gasteiger partial charge is 0.328 e. The van der Waals surface area contributed by atoms with Crippen molar-refractivity contribution < 1.29 is 14.6 Å². The third-order valence-corrected chi connectivity index (χ3v) is 4.68. The molecule has 1 saturated carbocycles. The molecule has 4 heteroatoms. The molecule has 2 rings (SSSR count). The Morgan fingerprint density at radius 3 is 2.71 bits per heavy atom. The van der Waals surface area contributed by atoms with E-state index >= 15 is 0 Å². The molecule has 1 aromatic rings. The van der Waals surface area contributed by atoms with Gasteiger partial charge < -0.3 is 9.84 Å². The molecule has 0 bridgehead atoms. The van der Waals surface area contributed by atoms with Crippen molar-refractivity contribution in [1.29, 1.82) is 0 Å². The minimum absolute atomic E-state index is 0.225. The van der Waals surface area contributed by atoms with Crippen molar-refractivity contribution >= 4 is 28.0 Å². The highest BCUT2D eigenvalue weighted by molar-refractivity contribution is 9.10. The fourth-order valence-electron chi connectivity index (χ4n) is 2.77. The van der Waals surface area contributed by atoms with Crippen LogP contribution in [0.5, 0.6) is 5.75 Å². The van der Waals surface area contributed by atoms with Crippen LogP contribution in [0.2, 0.25) is 0 Å². The number of para-hydroxylation sites is 1. The third kappa shape index (κ3) is 4.60. The number of carboxylic acid groups (broad SMARTS) is 1. The molecule has 0 spiro atoms. The lowest BCUT2D eigenvalue weighted by molar-refractivity contribution is -0.131. The molecule has 3 nitrogen and oxygen atoms in total. The summed E-state index contributed by atoms with van der Waals surface area (Å²) < 4.78 is 7.02. The summed E-state index contributed by atoms with van der Waals surface area (Å²) in [6, 6.07) is 5.68. The standard InChI is InChI=1S/C17H21BrO3/c1-2-12-6-9-14(10-7-12)21-17-13(8-11-16(19)20)4-3-5-15(17)18/h3-5,8,11-12,14H,2,6-7,9-10H2,1H3,(H,19,20). The van der Waals surface area contributed by atoms with E-state index < -0.39 is 5.97 Å². The monoisotopic (exact) mass is 352 g/mol. The van der Waals surface area contributed by atoms with Crippen LogP contribution >= 0.6 is 15.9 Å². The maximum Gasteiger partial charge on any atom is 0.328 e. The number of hydrogen-bond acceptors (Lipinski definition) is 2. The van der Waals surface area contributed by atoms with Gasteiger partial charge in [0.1, 0.15) is 5.75 Å². The number of aliphatic carboxylic acids is 1. The first-order chi connectivity index (χ1) is 10.1. The molecule has 0 heterocycles. The Hall–Kier alpha value is -1.29. The maximum atomic E-state index is 10.7. The Morgan fingerprint density at radius 1 is 1.38 bits per heavy atom. The predicted octanol–water partition coefficient (Wildman–Crippen LogP) is 4.89. The van der Waals surface area contributed by atoms with Crippen molar-refractivity contribution in [2.75, 3.05) is 0 Å². The molecule has 0 aromatic heterocycles. The molecular weight excluding hydrogens is 332 g/mol. The second kappa shape index (κ2) is 7.64. The van der Waals surface area contributed by atoms with Crippen molar-refractivity contribution in [3.63, 3.8) is 0 Å². The van der Waals surface area contributed by atoms with Crippen LogP contribution in [0.15, 0.2) is 28.7 Å². The zero-order valence-corrected chi connectivity index (χ0v) is 13.8. The largest absolute Gasteiger partial charge is 0.489 e. The summed E-state index contributed by atoms with van der Waals surface area (Å²) in [4.78, 5) is 10.7. The van der Waals surface area contributed by atoms with Gasteiger partial charge in [0.25, 0.3) is 0 Å². The van der Waals surface area contributed by atoms with Gasteiger partial charge >= 0.3 is 5.97 Å². The van der Waals surface area contributed by atoms with Crippen LogP contribution in [0.3, 0.4) is 0 Å². The molecule has 0 aliphatic heterocycles. The maximum absolute atomic E-state index is 10.7. The van der Waals surface area contributed by atoms with E-state index in [0.29, 0.717) is 0 Å². The number of carbonyl (C=O) groups is 1. The van der Waals surface area contributed by atoms with Crippen molar-refractivity contribution in [2.45, 2.75) is 45.1 Å². The lowest BCUT2D eigenvalue weighted by Gasteiger charge is -2.29. The SMILES string of the molecule is CCC1CCC(Oc2c(Br)cccc2C=CC(=O)O)CC1. The predicted molar refractivity (Wildman–Crippen MR) is 87.5 cm³/mol. The number of benzene rings is 1. The Labute approximate surface area is 134 Å². The molecule has 1 aliphatic rings. The number of ether oxygens (including phenoxy) is 1. The Kier molecular flexibility index (Phi) is 5.85. The molecule has 0 radical (unpaired) electrons. The van der Waals surface area contributed by atoms with Crippen LogP contribution in [0, 0.1) is 5.92 Å². The average molecular weight is 353 g/mol. The first kappa shape index (κ1) is 16.1. The molecule has 1 fully saturated rings. The second-order valence-electron chi connectivity index (χ2n) is 5.50. The van der Waals surface area contributed by atoms with Gasteiger partial charge in [-0.1, -0.05) is 25.5 Å². The van der Waals surface area contributed by atoms with Gasteiger partial charge in [0.05, 0.1) is 10.6 Å². The Bertz CT molecular complexity index is 517. The first-order valence-electron chi connectivity index (χ1n) is 7.46. The minimum atomic E-state index is -0.954. The van der Waals surface area contributed by atoms with E-state index in [1.165, 1.54) is 19.3 Å². The molecule has 1 N–H and O–H groups in total. The summed E-state index contributed by atoms with van der Waals surface area (Å²) in [6.07, 6.45) is 8.77. The van der Waals surface area contributed by atoms with Crippen LogP contribution in [0.25, 0.3) is 6.08 Å². The highest BCUT2D eigenvalue weighted by Gasteiger charge is 2.22. The van der Waals surface area contributed by atoms with E-state index in [-0.39, 0.29) is 6.10 Å². The number of hydrogen-bond donors (Lipinski definition) is 1. The van der Waals surface area contributed by atoms with E-state index in [1.54, 1.807) is 6.08 Å². The minimum Gasteiger partial charge on any atom is -0.489 e. The summed E-state index contributed by atoms with van der Waals surface area (Å²) in [5.74, 6) is 0.620. The van der Waals surface area contributed by atoms with E-state index in [1.807, 2.05) is 18.2 Å². The van der Waals surface area contributed by atoms with Gasteiger partial charge in [-0.15, -0.1) is 0 Å². The molecule has 0 amide bonds. The summed E-state index contributed by atoms with van der Waals surface area (Å²) in [6.45, 7) is 2.24. The second-order valence-corrected chi connectivity index (χ2v) is 6.35. The quantitative estimate of drug-likeness (QED) is 0.767. The van der Waals surface area contributed by atoms with Crippen molar-refractivity contribution in [3.05, 3.63) is 34.3 Å². The lowest BCUT2D eigenvalue weighted by atomic mass is 9.86. The summed E-state index contributed by atoms with van der Waals surface area (Å²) in [7, 11) is 0. The number of halogens is 1. The zero-order valence-electron chi connectivity index (χ0n) is 12.2. The fourth-order valence-corrected chi connectivity index (χ4v) is 3.24. The molecule has 0 unspecified atom stereocenters. The van der Waals surface area contributed by atoms with Gasteiger partial charge in [-0.05, 0) is 59.7 Å². The number of rotatable bonds is 5. The van der Waals surface area contributed by atoms with Crippen LogP contribution in [-0.4, -0.2) is 17.2 Å². The van der Waals surface area contributed by atoms with Gasteiger partial charge in [0.2, 0.25) is 0 Å². The zero-order chi connectivity index (χ0) is 15.2. The Balaban J connectivity index is 2.10. The first-order valence-corrected chi connectivity index (χ1v) is 8.25. The van der Waals surface area contributed by atoms with Gasteiger partial charge in [0, 0.05) is 11.6 Å². The van der Waals surface area contributed by atoms with Crippen LogP contribution in [0.1, 0.15) is 44.6 Å². The highest BCUT2D eigenvalue weighted by atomic mass is 79.9. The third-order valence-electron chi connectivity index (χ3n) is 4.06. The molecule has 0 saturated heterocycles. The van der Waals surface area contributed by atoms with E-state index in [4.69, 9.17) is 9.84 Å². The molecule has 114 valence electrons. The van der Waals surface area contributed by atoms with Crippen molar-refractivity contribution in [3.8, 4) is 5.75 Å². The number of carboxylic acids is 1. The van der Waals surface area contributed by atoms with E-state index in [2.05, 4.69) is 22.9 Å². The van der Waals surface area contributed by atoms with Crippen molar-refractivity contribution in [2.24, 2.45) is 5.92 Å². The van der Waals surface area contributed by atoms with Gasteiger partial charge in [0.15, 0.2) is 0 Å². The lowest BCUT2D eigenvalue weighted by Crippen LogP contribution is -2.24. The molecule has 1 aromatic carbocycles. The molecular formula is C17H21BrO3. The fraction of sp³-hybridized carbons (Fsp3) is 0.471. The molecule has 21 heavy (non-hydrogen) atoms. The van der Waals surface area contributed by atoms with E-state index in [0.717, 1.165) is 40.6 Å². The van der Waals surface area contributed by atoms with Crippen LogP contribution in [-0.2, 0) is 4.79 Å². The molecule has 0 atom stereocenters. The highest BCUT2D eigenvalue weighted by Crippen LogP contribution is 2.35. The van der Waals surface area contributed by atoms with Gasteiger partial charge in [-0.2, -0.15) is 0 Å². The van der Waals surface area contributed by atoms with Gasteiger partial charge in [-0.3, -0.25) is 0 Å². The summed E-state index contributed by atoms with van der Waals surface area (Å²) in [5.41, 5.74) is 0.796. The topological polar surface area (TPSA) is 46.5 Å². The van der Waals surface area contributed by atoms with Crippen LogP contribution < -0.4 is 4.74 Å². The molecule has 1 aliphatic carbocycles. The van der Waals surface area contributed by atoms with E-state index in [9.17, 15) is 4.79 Å². The normalized spacial score (nSPS) is 22.4. The average Bonchev–Trinajstić information content (AvgIpc) is 2.48. The Morgan fingerprint density at radius 2 is 2.10 bits per heavy atom. The van der Waals surface area contributed by atoms with Crippen molar-refractivity contribution in [1.82, 2.24) is 0 Å². The van der Waals surface area contributed by atoms with Gasteiger partial charge in [-0.25, -0.2) is 4.79 Å². The van der Waals surface area contributed by atoms with Crippen LogP contribution in [0.4, 0.5) is 0 Å².